The SMILES string of the molecule is C#CC(C)(C)N(CC1OCC(C)CO1)C(=O)C(Cl)Cl. The van der Waals surface area contributed by atoms with Crippen LogP contribution in [-0.2, 0) is 14.3 Å². The molecule has 1 rings (SSSR count). The minimum absolute atomic E-state index is 0.207. The number of carbonyl (C=O) groups excluding carboxylic acids is 1. The van der Waals surface area contributed by atoms with Gasteiger partial charge in [-0.25, -0.2) is 0 Å². The van der Waals surface area contributed by atoms with Gasteiger partial charge in [-0.2, -0.15) is 0 Å². The van der Waals surface area contributed by atoms with E-state index >= 15 is 0 Å². The highest BCUT2D eigenvalue weighted by Crippen LogP contribution is 2.21. The van der Waals surface area contributed by atoms with Crippen molar-refractivity contribution in [2.45, 2.75) is 37.4 Å². The molecule has 6 heteroatoms. The summed E-state index contributed by atoms with van der Waals surface area (Å²) in [5, 5.41) is 0. The largest absolute Gasteiger partial charge is 0.350 e. The van der Waals surface area contributed by atoms with Crippen molar-refractivity contribution in [2.24, 2.45) is 5.92 Å². The van der Waals surface area contributed by atoms with Gasteiger partial charge in [-0.3, -0.25) is 4.79 Å². The second-order valence-corrected chi connectivity index (χ2v) is 6.25. The maximum atomic E-state index is 12.0. The van der Waals surface area contributed by atoms with Crippen LogP contribution in [0.1, 0.15) is 20.8 Å². The maximum absolute atomic E-state index is 12.0. The van der Waals surface area contributed by atoms with Crippen molar-refractivity contribution in [2.75, 3.05) is 19.8 Å². The predicted molar refractivity (Wildman–Crippen MR) is 75.0 cm³/mol. The molecule has 0 aromatic rings. The maximum Gasteiger partial charge on any atom is 0.257 e. The molecule has 0 N–H and O–H groups in total. The van der Waals surface area contributed by atoms with Gasteiger partial charge < -0.3 is 14.4 Å². The third kappa shape index (κ3) is 4.54. The van der Waals surface area contributed by atoms with Gasteiger partial charge in [-0.15, -0.1) is 6.42 Å². The first-order chi connectivity index (χ1) is 8.77. The lowest BCUT2D eigenvalue weighted by atomic mass is 10.0. The van der Waals surface area contributed by atoms with E-state index in [0.29, 0.717) is 19.1 Å². The van der Waals surface area contributed by atoms with E-state index in [1.54, 1.807) is 13.8 Å². The summed E-state index contributed by atoms with van der Waals surface area (Å²) < 4.78 is 11.0. The monoisotopic (exact) mass is 307 g/mol. The van der Waals surface area contributed by atoms with Gasteiger partial charge in [0.15, 0.2) is 11.1 Å². The van der Waals surface area contributed by atoms with Gasteiger partial charge in [0.25, 0.3) is 5.91 Å². The molecule has 0 aromatic carbocycles. The van der Waals surface area contributed by atoms with Gasteiger partial charge in [0.2, 0.25) is 0 Å². The van der Waals surface area contributed by atoms with Crippen LogP contribution in [0.2, 0.25) is 0 Å². The molecule has 1 amide bonds. The molecule has 0 radical (unpaired) electrons. The molecule has 1 aliphatic heterocycles. The molecular weight excluding hydrogens is 289 g/mol. The van der Waals surface area contributed by atoms with Gasteiger partial charge in [0.1, 0.15) is 0 Å². The highest BCUT2D eigenvalue weighted by Gasteiger charge is 2.35. The topological polar surface area (TPSA) is 38.8 Å². The van der Waals surface area contributed by atoms with Gasteiger partial charge in [0.05, 0.1) is 25.3 Å². The Hall–Kier alpha value is -0.470. The number of halogens is 2. The van der Waals surface area contributed by atoms with Crippen molar-refractivity contribution in [3.05, 3.63) is 0 Å². The highest BCUT2D eigenvalue weighted by atomic mass is 35.5. The molecule has 19 heavy (non-hydrogen) atoms. The van der Waals surface area contributed by atoms with Crippen molar-refractivity contribution >= 4 is 29.1 Å². The van der Waals surface area contributed by atoms with Crippen molar-refractivity contribution in [3.63, 3.8) is 0 Å². The van der Waals surface area contributed by atoms with Crippen LogP contribution in [0.3, 0.4) is 0 Å². The number of terminal acetylenes is 1. The summed E-state index contributed by atoms with van der Waals surface area (Å²) >= 11 is 11.3. The molecule has 0 atom stereocenters. The molecule has 108 valence electrons. The van der Waals surface area contributed by atoms with E-state index in [0.717, 1.165) is 0 Å². The summed E-state index contributed by atoms with van der Waals surface area (Å²) in [4.78, 5) is 12.3. The van der Waals surface area contributed by atoms with Crippen molar-refractivity contribution in [3.8, 4) is 12.3 Å². The van der Waals surface area contributed by atoms with E-state index in [2.05, 4.69) is 5.92 Å². The molecule has 1 heterocycles. The first-order valence-electron chi connectivity index (χ1n) is 6.08. The van der Waals surface area contributed by atoms with Crippen LogP contribution in [0.4, 0.5) is 0 Å². The molecular formula is C13H19Cl2NO3. The fraction of sp³-hybridized carbons (Fsp3) is 0.769. The van der Waals surface area contributed by atoms with Crippen LogP contribution in [0.25, 0.3) is 0 Å². The minimum atomic E-state index is -1.16. The van der Waals surface area contributed by atoms with Crippen molar-refractivity contribution in [1.82, 2.24) is 4.90 Å². The van der Waals surface area contributed by atoms with E-state index in [-0.39, 0.29) is 6.54 Å². The predicted octanol–water partition coefficient (Wildman–Crippen LogP) is 2.04. The molecule has 4 nitrogen and oxygen atoms in total. The Labute approximate surface area is 124 Å². The number of amides is 1. The van der Waals surface area contributed by atoms with Gasteiger partial charge in [-0.05, 0) is 13.8 Å². The van der Waals surface area contributed by atoms with Gasteiger partial charge in [-0.1, -0.05) is 36.0 Å². The Morgan fingerprint density at radius 3 is 2.42 bits per heavy atom. The minimum Gasteiger partial charge on any atom is -0.350 e. The number of nitrogens with zero attached hydrogens (tertiary/aromatic N) is 1. The van der Waals surface area contributed by atoms with Crippen LogP contribution in [0.15, 0.2) is 0 Å². The van der Waals surface area contributed by atoms with E-state index in [4.69, 9.17) is 39.1 Å². The summed E-state index contributed by atoms with van der Waals surface area (Å²) in [6.45, 7) is 6.90. The van der Waals surface area contributed by atoms with Gasteiger partial charge >= 0.3 is 0 Å². The smallest absolute Gasteiger partial charge is 0.257 e. The second-order valence-electron chi connectivity index (χ2n) is 5.15. The van der Waals surface area contributed by atoms with E-state index in [1.165, 1.54) is 4.90 Å². The number of hydrogen-bond donors (Lipinski definition) is 0. The lowest BCUT2D eigenvalue weighted by Crippen LogP contribution is -2.53. The number of ether oxygens (including phenoxy) is 2. The molecule has 0 bridgehead atoms. The molecule has 1 saturated heterocycles. The lowest BCUT2D eigenvalue weighted by molar-refractivity contribution is -0.208. The zero-order valence-electron chi connectivity index (χ0n) is 11.4. The Morgan fingerprint density at radius 1 is 1.47 bits per heavy atom. The number of carbonyl (C=O) groups is 1. The standard InChI is InChI=1S/C13H19Cl2NO3/c1-5-13(3,4)16(12(17)11(14)15)6-10-18-7-9(2)8-19-10/h1,9-11H,6-8H2,2-4H3. The molecule has 1 fully saturated rings. The number of rotatable bonds is 4. The fourth-order valence-electron chi connectivity index (χ4n) is 1.68. The Balaban J connectivity index is 2.76. The molecule has 1 aliphatic rings. The lowest BCUT2D eigenvalue weighted by Gasteiger charge is -2.38. The Kier molecular flexibility index (Phi) is 5.94. The van der Waals surface area contributed by atoms with Crippen LogP contribution in [0.5, 0.6) is 0 Å². The van der Waals surface area contributed by atoms with Crippen LogP contribution < -0.4 is 0 Å². The Morgan fingerprint density at radius 2 is 2.00 bits per heavy atom. The zero-order chi connectivity index (χ0) is 14.6. The van der Waals surface area contributed by atoms with E-state index < -0.39 is 22.6 Å². The van der Waals surface area contributed by atoms with E-state index in [9.17, 15) is 4.79 Å². The van der Waals surface area contributed by atoms with Crippen LogP contribution in [-0.4, -0.2) is 47.2 Å². The number of alkyl halides is 2. The van der Waals surface area contributed by atoms with Crippen molar-refractivity contribution in [1.29, 1.82) is 0 Å². The third-order valence-corrected chi connectivity index (χ3v) is 3.32. The quantitative estimate of drug-likeness (QED) is 0.589. The molecule has 0 aliphatic carbocycles. The fourth-order valence-corrected chi connectivity index (χ4v) is 1.92. The summed E-state index contributed by atoms with van der Waals surface area (Å²) in [6, 6.07) is 0. The number of hydrogen-bond acceptors (Lipinski definition) is 3. The first-order valence-corrected chi connectivity index (χ1v) is 6.96. The highest BCUT2D eigenvalue weighted by molar-refractivity contribution is 6.53. The second kappa shape index (κ2) is 6.81. The summed E-state index contributed by atoms with van der Waals surface area (Å²) in [5.41, 5.74) is -0.811. The first kappa shape index (κ1) is 16.6. The zero-order valence-corrected chi connectivity index (χ0v) is 12.9. The average Bonchev–Trinajstić information content (AvgIpc) is 2.37. The summed E-state index contributed by atoms with van der Waals surface area (Å²) in [5.74, 6) is 2.45. The summed E-state index contributed by atoms with van der Waals surface area (Å²) in [6.07, 6.45) is 4.96. The van der Waals surface area contributed by atoms with E-state index in [1.807, 2.05) is 6.92 Å². The molecule has 0 aromatic heterocycles. The average molecular weight is 308 g/mol. The van der Waals surface area contributed by atoms with Crippen LogP contribution >= 0.6 is 23.2 Å². The molecule has 0 unspecified atom stereocenters. The van der Waals surface area contributed by atoms with Crippen molar-refractivity contribution < 1.29 is 14.3 Å². The Bertz CT molecular complexity index is 357. The van der Waals surface area contributed by atoms with Gasteiger partial charge in [0, 0.05) is 5.92 Å². The summed E-state index contributed by atoms with van der Waals surface area (Å²) in [7, 11) is 0. The molecule has 0 spiro atoms. The normalized spacial score (nSPS) is 24.1. The molecule has 0 saturated carbocycles. The van der Waals surface area contributed by atoms with Crippen LogP contribution in [0, 0.1) is 18.3 Å². The third-order valence-electron chi connectivity index (χ3n) is 2.95.